The van der Waals surface area contributed by atoms with Crippen LogP contribution in [0, 0.1) is 11.7 Å². The zero-order valence-corrected chi connectivity index (χ0v) is 16.1. The highest BCUT2D eigenvalue weighted by Crippen LogP contribution is 2.30. The molecule has 2 fully saturated rings. The summed E-state index contributed by atoms with van der Waals surface area (Å²) in [6.07, 6.45) is 6.48. The minimum Gasteiger partial charge on any atom is -0.333 e. The van der Waals surface area contributed by atoms with Crippen molar-refractivity contribution in [3.8, 4) is 0 Å². The summed E-state index contributed by atoms with van der Waals surface area (Å²) in [5.74, 6) is 0.293. The normalized spacial score (nSPS) is 19.4. The minimum atomic E-state index is -0.256. The van der Waals surface area contributed by atoms with Crippen LogP contribution in [0.5, 0.6) is 0 Å². The SMILES string of the molecule is Cl.O=C(c1ccn(C2CCCNC2)n1)N(Cc1ccc(F)cc1)CC1CC1. The van der Waals surface area contributed by atoms with Gasteiger partial charge in [-0.2, -0.15) is 5.10 Å². The maximum absolute atomic E-state index is 13.1. The van der Waals surface area contributed by atoms with Crippen molar-refractivity contribution in [2.75, 3.05) is 19.6 Å². The van der Waals surface area contributed by atoms with Gasteiger partial charge < -0.3 is 10.2 Å². The van der Waals surface area contributed by atoms with Crippen LogP contribution in [0.3, 0.4) is 0 Å². The van der Waals surface area contributed by atoms with Crippen molar-refractivity contribution in [3.05, 3.63) is 53.6 Å². The van der Waals surface area contributed by atoms with Crippen LogP contribution in [-0.4, -0.2) is 40.2 Å². The zero-order valence-electron chi connectivity index (χ0n) is 15.3. The molecule has 1 amide bonds. The van der Waals surface area contributed by atoms with Gasteiger partial charge in [-0.15, -0.1) is 12.4 Å². The van der Waals surface area contributed by atoms with Crippen LogP contribution in [0.15, 0.2) is 36.5 Å². The van der Waals surface area contributed by atoms with Gasteiger partial charge in [-0.1, -0.05) is 12.1 Å². The quantitative estimate of drug-likeness (QED) is 0.819. The Balaban J connectivity index is 0.00000210. The van der Waals surface area contributed by atoms with Crippen molar-refractivity contribution in [1.29, 1.82) is 0 Å². The van der Waals surface area contributed by atoms with Gasteiger partial charge in [-0.3, -0.25) is 9.48 Å². The van der Waals surface area contributed by atoms with Crippen molar-refractivity contribution in [1.82, 2.24) is 20.0 Å². The second kappa shape index (κ2) is 8.85. The standard InChI is InChI=1S/C20H25FN4O.ClH/c21-17-7-5-16(6-8-17)14-24(13-15-3-4-15)20(26)19-9-11-25(23-19)18-2-1-10-22-12-18;/h5-9,11,15,18,22H,1-4,10,12-14H2;1H. The molecule has 5 nitrogen and oxygen atoms in total. The lowest BCUT2D eigenvalue weighted by Gasteiger charge is -2.23. The van der Waals surface area contributed by atoms with E-state index in [1.807, 2.05) is 21.8 Å². The predicted octanol–water partition coefficient (Wildman–Crippen LogP) is 3.42. The van der Waals surface area contributed by atoms with E-state index in [0.717, 1.165) is 38.0 Å². The van der Waals surface area contributed by atoms with Gasteiger partial charge in [0, 0.05) is 25.8 Å². The Morgan fingerprint density at radius 2 is 2.00 bits per heavy atom. The van der Waals surface area contributed by atoms with Gasteiger partial charge in [0.25, 0.3) is 5.91 Å². The number of halogens is 2. The third-order valence-electron chi connectivity index (χ3n) is 5.22. The second-order valence-corrected chi connectivity index (χ2v) is 7.44. The molecule has 2 heterocycles. The number of hydrogen-bond donors (Lipinski definition) is 1. The average molecular weight is 393 g/mol. The number of amides is 1. The Labute approximate surface area is 165 Å². The van der Waals surface area contributed by atoms with Crippen molar-refractivity contribution in [3.63, 3.8) is 0 Å². The molecule has 4 rings (SSSR count). The molecular weight excluding hydrogens is 367 g/mol. The summed E-state index contributed by atoms with van der Waals surface area (Å²) in [6, 6.07) is 8.52. The van der Waals surface area contributed by atoms with Crippen LogP contribution in [0.4, 0.5) is 4.39 Å². The zero-order chi connectivity index (χ0) is 17.9. The van der Waals surface area contributed by atoms with Gasteiger partial charge in [0.15, 0.2) is 0 Å². The second-order valence-electron chi connectivity index (χ2n) is 7.44. The number of nitrogens with zero attached hydrogens (tertiary/aromatic N) is 3. The monoisotopic (exact) mass is 392 g/mol. The molecule has 27 heavy (non-hydrogen) atoms. The smallest absolute Gasteiger partial charge is 0.274 e. The number of hydrogen-bond acceptors (Lipinski definition) is 3. The summed E-state index contributed by atoms with van der Waals surface area (Å²) in [5, 5.41) is 7.94. The van der Waals surface area contributed by atoms with E-state index in [-0.39, 0.29) is 24.1 Å². The summed E-state index contributed by atoms with van der Waals surface area (Å²) in [6.45, 7) is 3.19. The maximum Gasteiger partial charge on any atom is 0.274 e. The molecule has 1 aliphatic heterocycles. The lowest BCUT2D eigenvalue weighted by Crippen LogP contribution is -2.34. The summed E-state index contributed by atoms with van der Waals surface area (Å²) in [4.78, 5) is 14.9. The molecule has 0 radical (unpaired) electrons. The molecule has 2 aromatic rings. The summed E-state index contributed by atoms with van der Waals surface area (Å²) < 4.78 is 15.1. The molecule has 1 aliphatic carbocycles. The van der Waals surface area contributed by atoms with E-state index >= 15 is 0 Å². The Kier molecular flexibility index (Phi) is 6.50. The van der Waals surface area contributed by atoms with Gasteiger partial charge >= 0.3 is 0 Å². The molecule has 1 saturated carbocycles. The third-order valence-corrected chi connectivity index (χ3v) is 5.22. The van der Waals surface area contributed by atoms with Crippen LogP contribution >= 0.6 is 12.4 Å². The van der Waals surface area contributed by atoms with Crippen LogP contribution in [0.1, 0.15) is 47.8 Å². The van der Waals surface area contributed by atoms with Crippen molar-refractivity contribution in [2.24, 2.45) is 5.92 Å². The molecule has 146 valence electrons. The topological polar surface area (TPSA) is 50.2 Å². The van der Waals surface area contributed by atoms with Gasteiger partial charge in [0.2, 0.25) is 0 Å². The van der Waals surface area contributed by atoms with Gasteiger partial charge in [0.1, 0.15) is 11.5 Å². The number of carbonyl (C=O) groups excluding carboxylic acids is 1. The Morgan fingerprint density at radius 3 is 2.67 bits per heavy atom. The summed E-state index contributed by atoms with van der Waals surface area (Å²) in [7, 11) is 0. The first kappa shape index (κ1) is 19.8. The minimum absolute atomic E-state index is 0. The van der Waals surface area contributed by atoms with Gasteiger partial charge in [0.05, 0.1) is 6.04 Å². The molecular formula is C20H26ClFN4O. The number of benzene rings is 1. The van der Waals surface area contributed by atoms with E-state index in [0.29, 0.717) is 24.2 Å². The molecule has 1 unspecified atom stereocenters. The highest BCUT2D eigenvalue weighted by molar-refractivity contribution is 5.92. The van der Waals surface area contributed by atoms with E-state index in [1.54, 1.807) is 12.1 Å². The summed E-state index contributed by atoms with van der Waals surface area (Å²) >= 11 is 0. The fourth-order valence-electron chi connectivity index (χ4n) is 3.52. The molecule has 1 saturated heterocycles. The molecule has 1 aromatic carbocycles. The average Bonchev–Trinajstić information content (AvgIpc) is 3.35. The molecule has 2 aliphatic rings. The lowest BCUT2D eigenvalue weighted by molar-refractivity contribution is 0.0727. The number of piperidine rings is 1. The number of nitrogens with one attached hydrogen (secondary N) is 1. The predicted molar refractivity (Wildman–Crippen MR) is 104 cm³/mol. The van der Waals surface area contributed by atoms with Gasteiger partial charge in [-0.25, -0.2) is 4.39 Å². The number of carbonyl (C=O) groups is 1. The number of rotatable bonds is 6. The molecule has 1 atom stereocenters. The lowest BCUT2D eigenvalue weighted by atomic mass is 10.1. The van der Waals surface area contributed by atoms with Crippen molar-refractivity contribution in [2.45, 2.75) is 38.3 Å². The molecule has 1 aromatic heterocycles. The van der Waals surface area contributed by atoms with E-state index in [2.05, 4.69) is 10.4 Å². The van der Waals surface area contributed by atoms with Crippen molar-refractivity contribution >= 4 is 18.3 Å². The molecule has 1 N–H and O–H groups in total. The third kappa shape index (κ3) is 5.08. The largest absolute Gasteiger partial charge is 0.333 e. The first-order valence-electron chi connectivity index (χ1n) is 9.48. The van der Waals surface area contributed by atoms with Crippen LogP contribution in [-0.2, 0) is 6.54 Å². The molecule has 0 spiro atoms. The highest BCUT2D eigenvalue weighted by Gasteiger charge is 2.28. The molecule has 0 bridgehead atoms. The Hall–Kier alpha value is -1.92. The molecule has 7 heteroatoms. The van der Waals surface area contributed by atoms with E-state index in [4.69, 9.17) is 0 Å². The van der Waals surface area contributed by atoms with E-state index in [1.165, 1.54) is 25.0 Å². The van der Waals surface area contributed by atoms with Crippen molar-refractivity contribution < 1.29 is 9.18 Å². The fraction of sp³-hybridized carbons (Fsp3) is 0.500. The Morgan fingerprint density at radius 1 is 1.22 bits per heavy atom. The first-order valence-corrected chi connectivity index (χ1v) is 9.48. The van der Waals surface area contributed by atoms with E-state index in [9.17, 15) is 9.18 Å². The van der Waals surface area contributed by atoms with E-state index < -0.39 is 0 Å². The Bertz CT molecular complexity index is 754. The summed E-state index contributed by atoms with van der Waals surface area (Å²) in [5.41, 5.74) is 1.44. The van der Waals surface area contributed by atoms with Crippen LogP contribution < -0.4 is 5.32 Å². The highest BCUT2D eigenvalue weighted by atomic mass is 35.5. The van der Waals surface area contributed by atoms with Crippen LogP contribution in [0.2, 0.25) is 0 Å². The van der Waals surface area contributed by atoms with Crippen LogP contribution in [0.25, 0.3) is 0 Å². The first-order chi connectivity index (χ1) is 12.7. The van der Waals surface area contributed by atoms with Gasteiger partial charge in [-0.05, 0) is 61.9 Å². The number of aromatic nitrogens is 2. The maximum atomic E-state index is 13.1. The fourth-order valence-corrected chi connectivity index (χ4v) is 3.52.